The number of pyridine rings is 1. The zero-order valence-corrected chi connectivity index (χ0v) is 9.37. The van der Waals surface area contributed by atoms with Crippen LogP contribution in [0.1, 0.15) is 6.42 Å². The van der Waals surface area contributed by atoms with Gasteiger partial charge in [-0.1, -0.05) is 0 Å². The first kappa shape index (κ1) is 11.5. The van der Waals surface area contributed by atoms with Gasteiger partial charge in [-0.15, -0.1) is 0 Å². The molecule has 1 fully saturated rings. The average molecular weight is 237 g/mol. The van der Waals surface area contributed by atoms with E-state index in [0.717, 1.165) is 6.42 Å². The molecule has 1 aliphatic heterocycles. The Bertz CT molecular complexity index is 393. The van der Waals surface area contributed by atoms with Crippen molar-refractivity contribution >= 4 is 11.8 Å². The smallest absolute Gasteiger partial charge is 0.407 e. The fraction of sp³-hybridized carbons (Fsp3) is 0.455. The largest absolute Gasteiger partial charge is 0.477 e. The molecule has 0 aromatic carbocycles. The van der Waals surface area contributed by atoms with E-state index in [1.165, 1.54) is 11.1 Å². The first-order valence-corrected chi connectivity index (χ1v) is 5.47. The number of rotatable bonds is 3. The van der Waals surface area contributed by atoms with Crippen molar-refractivity contribution in [3.8, 4) is 5.88 Å². The normalized spacial score (nSPS) is 19.3. The topological polar surface area (TPSA) is 88.7 Å². The average Bonchev–Trinajstić information content (AvgIpc) is 2.77. The fourth-order valence-electron chi connectivity index (χ4n) is 1.82. The number of hydrogen-bond acceptors (Lipinski definition) is 4. The van der Waals surface area contributed by atoms with Gasteiger partial charge in [0, 0.05) is 25.1 Å². The lowest BCUT2D eigenvalue weighted by Crippen LogP contribution is -2.27. The van der Waals surface area contributed by atoms with Crippen molar-refractivity contribution < 1.29 is 14.6 Å². The molecule has 1 atom stereocenters. The third-order valence-corrected chi connectivity index (χ3v) is 2.78. The van der Waals surface area contributed by atoms with E-state index in [9.17, 15) is 4.79 Å². The van der Waals surface area contributed by atoms with Crippen LogP contribution in [0.4, 0.5) is 10.5 Å². The van der Waals surface area contributed by atoms with E-state index in [2.05, 4.69) is 4.98 Å². The van der Waals surface area contributed by atoms with Crippen LogP contribution in [0.5, 0.6) is 5.88 Å². The second-order valence-corrected chi connectivity index (χ2v) is 4.12. The SMILES string of the molecule is Nc1ccc(OC[C@H]2CCN(C(=O)O)C2)nc1. The summed E-state index contributed by atoms with van der Waals surface area (Å²) in [5.74, 6) is 0.762. The summed E-state index contributed by atoms with van der Waals surface area (Å²) in [6, 6.07) is 3.43. The maximum absolute atomic E-state index is 10.7. The second kappa shape index (κ2) is 4.90. The summed E-state index contributed by atoms with van der Waals surface area (Å²) in [7, 11) is 0. The van der Waals surface area contributed by atoms with Crippen molar-refractivity contribution in [3.05, 3.63) is 18.3 Å². The van der Waals surface area contributed by atoms with Crippen LogP contribution in [0.25, 0.3) is 0 Å². The Balaban J connectivity index is 1.80. The van der Waals surface area contributed by atoms with Crippen molar-refractivity contribution in [2.24, 2.45) is 5.92 Å². The summed E-state index contributed by atoms with van der Waals surface area (Å²) in [4.78, 5) is 16.1. The van der Waals surface area contributed by atoms with Gasteiger partial charge in [-0.05, 0) is 12.5 Å². The quantitative estimate of drug-likeness (QED) is 0.820. The molecule has 3 N–H and O–H groups in total. The lowest BCUT2D eigenvalue weighted by Gasteiger charge is -2.12. The number of nitrogens with zero attached hydrogens (tertiary/aromatic N) is 2. The van der Waals surface area contributed by atoms with Crippen LogP contribution in [0.2, 0.25) is 0 Å². The van der Waals surface area contributed by atoms with Crippen LogP contribution in [0.3, 0.4) is 0 Å². The maximum atomic E-state index is 10.7. The van der Waals surface area contributed by atoms with E-state index in [4.69, 9.17) is 15.6 Å². The van der Waals surface area contributed by atoms with E-state index < -0.39 is 6.09 Å². The number of hydrogen-bond donors (Lipinski definition) is 2. The zero-order valence-electron chi connectivity index (χ0n) is 9.37. The van der Waals surface area contributed by atoms with Crippen molar-refractivity contribution in [1.82, 2.24) is 9.88 Å². The molecule has 1 aromatic rings. The molecule has 17 heavy (non-hydrogen) atoms. The number of amides is 1. The maximum Gasteiger partial charge on any atom is 0.407 e. The first-order valence-electron chi connectivity index (χ1n) is 5.47. The lowest BCUT2D eigenvalue weighted by molar-refractivity contribution is 0.151. The number of anilines is 1. The number of aromatic nitrogens is 1. The van der Waals surface area contributed by atoms with Gasteiger partial charge in [0.15, 0.2) is 0 Å². The summed E-state index contributed by atoms with van der Waals surface area (Å²) >= 11 is 0. The molecule has 1 saturated heterocycles. The second-order valence-electron chi connectivity index (χ2n) is 4.12. The predicted octanol–water partition coefficient (Wildman–Crippen LogP) is 1.04. The molecule has 2 heterocycles. The van der Waals surface area contributed by atoms with Gasteiger partial charge in [0.1, 0.15) is 0 Å². The molecule has 0 radical (unpaired) electrons. The molecule has 0 spiro atoms. The number of carbonyl (C=O) groups is 1. The van der Waals surface area contributed by atoms with Gasteiger partial charge in [0.2, 0.25) is 5.88 Å². The highest BCUT2D eigenvalue weighted by molar-refractivity contribution is 5.65. The van der Waals surface area contributed by atoms with E-state index in [1.807, 2.05) is 0 Å². The van der Waals surface area contributed by atoms with E-state index >= 15 is 0 Å². The Morgan fingerprint density at radius 2 is 2.47 bits per heavy atom. The third-order valence-electron chi connectivity index (χ3n) is 2.78. The summed E-state index contributed by atoms with van der Waals surface area (Å²) in [6.45, 7) is 1.60. The molecule has 1 aromatic heterocycles. The van der Waals surface area contributed by atoms with Crippen LogP contribution in [-0.4, -0.2) is 40.8 Å². The highest BCUT2D eigenvalue weighted by Gasteiger charge is 2.26. The molecule has 0 bridgehead atoms. The minimum absolute atomic E-state index is 0.241. The Labute approximate surface area is 99.0 Å². The number of ether oxygens (including phenoxy) is 1. The molecule has 0 unspecified atom stereocenters. The van der Waals surface area contributed by atoms with Crippen LogP contribution >= 0.6 is 0 Å². The van der Waals surface area contributed by atoms with Crippen LogP contribution in [-0.2, 0) is 0 Å². The number of likely N-dealkylation sites (tertiary alicyclic amines) is 1. The van der Waals surface area contributed by atoms with Crippen molar-refractivity contribution in [2.75, 3.05) is 25.4 Å². The minimum atomic E-state index is -0.863. The van der Waals surface area contributed by atoms with Crippen molar-refractivity contribution in [3.63, 3.8) is 0 Å². The van der Waals surface area contributed by atoms with Gasteiger partial charge >= 0.3 is 6.09 Å². The highest BCUT2D eigenvalue weighted by Crippen LogP contribution is 2.18. The van der Waals surface area contributed by atoms with Crippen LogP contribution in [0.15, 0.2) is 18.3 Å². The standard InChI is InChI=1S/C11H15N3O3/c12-9-1-2-10(13-5-9)17-7-8-3-4-14(6-8)11(15)16/h1-2,5,8H,3-4,6-7,12H2,(H,15,16)/t8-/m0/s1. The Hall–Kier alpha value is -1.98. The molecular weight excluding hydrogens is 222 g/mol. The minimum Gasteiger partial charge on any atom is -0.477 e. The third kappa shape index (κ3) is 2.99. The molecule has 6 nitrogen and oxygen atoms in total. The van der Waals surface area contributed by atoms with Crippen LogP contribution < -0.4 is 10.5 Å². The molecule has 6 heteroatoms. The van der Waals surface area contributed by atoms with Gasteiger partial charge in [0.05, 0.1) is 18.5 Å². The van der Waals surface area contributed by atoms with E-state index in [-0.39, 0.29) is 5.92 Å². The predicted molar refractivity (Wildman–Crippen MR) is 61.8 cm³/mol. The van der Waals surface area contributed by atoms with Gasteiger partial charge in [-0.3, -0.25) is 0 Å². The van der Waals surface area contributed by atoms with Gasteiger partial charge < -0.3 is 20.5 Å². The highest BCUT2D eigenvalue weighted by atomic mass is 16.5. The van der Waals surface area contributed by atoms with Crippen LogP contribution in [0, 0.1) is 5.92 Å². The summed E-state index contributed by atoms with van der Waals surface area (Å²) < 4.78 is 5.49. The van der Waals surface area contributed by atoms with E-state index in [0.29, 0.717) is 31.3 Å². The summed E-state index contributed by atoms with van der Waals surface area (Å²) in [5.41, 5.74) is 6.10. The Morgan fingerprint density at radius 1 is 1.65 bits per heavy atom. The van der Waals surface area contributed by atoms with Gasteiger partial charge in [0.25, 0.3) is 0 Å². The molecule has 1 aliphatic rings. The van der Waals surface area contributed by atoms with Gasteiger partial charge in [-0.2, -0.15) is 0 Å². The lowest BCUT2D eigenvalue weighted by atomic mass is 10.1. The molecule has 1 amide bonds. The molecule has 2 rings (SSSR count). The first-order chi connectivity index (χ1) is 8.15. The van der Waals surface area contributed by atoms with Crippen molar-refractivity contribution in [2.45, 2.75) is 6.42 Å². The molecular formula is C11H15N3O3. The monoisotopic (exact) mass is 237 g/mol. The van der Waals surface area contributed by atoms with Gasteiger partial charge in [-0.25, -0.2) is 9.78 Å². The Kier molecular flexibility index (Phi) is 3.32. The summed E-state index contributed by atoms with van der Waals surface area (Å²) in [6.07, 6.45) is 1.51. The fourth-order valence-corrected chi connectivity index (χ4v) is 1.82. The summed E-state index contributed by atoms with van der Waals surface area (Å²) in [5, 5.41) is 8.81. The number of carboxylic acid groups (broad SMARTS) is 1. The Morgan fingerprint density at radius 3 is 3.06 bits per heavy atom. The van der Waals surface area contributed by atoms with E-state index in [1.54, 1.807) is 12.1 Å². The molecule has 92 valence electrons. The number of nitrogens with two attached hydrogens (primary N) is 1. The van der Waals surface area contributed by atoms with Crippen molar-refractivity contribution in [1.29, 1.82) is 0 Å². The number of nitrogen functional groups attached to an aromatic ring is 1. The molecule has 0 aliphatic carbocycles. The zero-order chi connectivity index (χ0) is 12.3. The molecule has 0 saturated carbocycles.